The molecule has 0 nitrogen and oxygen atoms in total. The van der Waals surface area contributed by atoms with Crippen molar-refractivity contribution in [3.05, 3.63) is 35.9 Å². The van der Waals surface area contributed by atoms with Gasteiger partial charge in [0.15, 0.2) is 0 Å². The van der Waals surface area contributed by atoms with Crippen molar-refractivity contribution in [1.82, 2.24) is 0 Å². The molecule has 0 radical (unpaired) electrons. The van der Waals surface area contributed by atoms with Crippen LogP contribution in [-0.4, -0.2) is 0 Å². The maximum absolute atomic E-state index is 2.57. The summed E-state index contributed by atoms with van der Waals surface area (Å²) in [7, 11) is 0. The highest BCUT2D eigenvalue weighted by atomic mass is 15.0. The highest BCUT2D eigenvalue weighted by Crippen LogP contribution is 2.97. The fraction of sp³-hybridized carbons (Fsp3) is 0.647. The summed E-state index contributed by atoms with van der Waals surface area (Å²) >= 11 is 0. The molecule has 0 amide bonds. The molecule has 3 aliphatic rings. The van der Waals surface area contributed by atoms with E-state index in [-0.39, 0.29) is 0 Å². The van der Waals surface area contributed by atoms with Crippen LogP contribution >= 0.6 is 0 Å². The molecule has 4 rings (SSSR count). The quantitative estimate of drug-likeness (QED) is 0.701. The normalized spacial score (nSPS) is 54.1. The summed E-state index contributed by atoms with van der Waals surface area (Å²) in [6.45, 7) is 7.52. The maximum atomic E-state index is 2.57. The van der Waals surface area contributed by atoms with Crippen molar-refractivity contribution in [1.29, 1.82) is 0 Å². The van der Waals surface area contributed by atoms with E-state index in [4.69, 9.17) is 0 Å². The molecule has 0 aliphatic heterocycles. The van der Waals surface area contributed by atoms with Crippen LogP contribution in [0.15, 0.2) is 30.3 Å². The average Bonchev–Trinajstić information content (AvgIpc) is 2.70. The van der Waals surface area contributed by atoms with Gasteiger partial charge in [-0.25, -0.2) is 0 Å². The summed E-state index contributed by atoms with van der Waals surface area (Å²) in [6.07, 6.45) is 4.31. The van der Waals surface area contributed by atoms with E-state index in [0.29, 0.717) is 16.2 Å². The van der Waals surface area contributed by atoms with Gasteiger partial charge in [-0.2, -0.15) is 0 Å². The third kappa shape index (κ3) is 0.687. The largest absolute Gasteiger partial charge is 0.0648 e. The third-order valence-corrected chi connectivity index (χ3v) is 7.28. The average molecular weight is 226 g/mol. The molecular weight excluding hydrogens is 204 g/mol. The first-order chi connectivity index (χ1) is 8.14. The Morgan fingerprint density at radius 3 is 2.24 bits per heavy atom. The van der Waals surface area contributed by atoms with Gasteiger partial charge in [-0.1, -0.05) is 51.1 Å². The lowest BCUT2D eigenvalue weighted by Gasteiger charge is -2.58. The van der Waals surface area contributed by atoms with Crippen LogP contribution in [0.2, 0.25) is 0 Å². The lowest BCUT2D eigenvalue weighted by atomic mass is 9.46. The number of fused-ring (bicyclic) bond motifs is 4. The Hall–Kier alpha value is -0.780. The summed E-state index contributed by atoms with van der Waals surface area (Å²) in [5.41, 5.74) is 3.35. The molecule has 0 spiro atoms. The van der Waals surface area contributed by atoms with Crippen LogP contribution < -0.4 is 0 Å². The Morgan fingerprint density at radius 1 is 1.06 bits per heavy atom. The molecule has 0 bridgehead atoms. The predicted molar refractivity (Wildman–Crippen MR) is 70.8 cm³/mol. The van der Waals surface area contributed by atoms with Crippen LogP contribution in [-0.2, 0) is 5.41 Å². The highest BCUT2D eigenvalue weighted by molar-refractivity contribution is 5.55. The maximum Gasteiger partial charge on any atom is 0.0105 e. The molecule has 3 aliphatic carbocycles. The molecule has 0 saturated heterocycles. The second-order valence-corrected chi connectivity index (χ2v) is 6.85. The van der Waals surface area contributed by atoms with E-state index in [1.165, 1.54) is 19.3 Å². The molecule has 3 fully saturated rings. The van der Waals surface area contributed by atoms with Crippen molar-refractivity contribution >= 4 is 0 Å². The smallest absolute Gasteiger partial charge is 0.0105 e. The van der Waals surface area contributed by atoms with Gasteiger partial charge in [0.05, 0.1) is 0 Å². The predicted octanol–water partition coefficient (Wildman–Crippen LogP) is 4.40. The highest BCUT2D eigenvalue weighted by Gasteiger charge is 2.95. The Kier molecular flexibility index (Phi) is 1.57. The second kappa shape index (κ2) is 2.63. The van der Waals surface area contributed by atoms with E-state index in [1.54, 1.807) is 5.56 Å². The Labute approximate surface area is 104 Å². The monoisotopic (exact) mass is 226 g/mol. The van der Waals surface area contributed by atoms with Crippen LogP contribution in [0.5, 0.6) is 0 Å². The minimum Gasteiger partial charge on any atom is -0.0648 e. The van der Waals surface area contributed by atoms with Crippen molar-refractivity contribution < 1.29 is 0 Å². The molecule has 5 atom stereocenters. The van der Waals surface area contributed by atoms with Crippen LogP contribution in [0.1, 0.15) is 45.6 Å². The Morgan fingerprint density at radius 2 is 1.71 bits per heavy atom. The third-order valence-electron chi connectivity index (χ3n) is 7.28. The van der Waals surface area contributed by atoms with Crippen LogP contribution in [0, 0.1) is 22.7 Å². The molecule has 90 valence electrons. The van der Waals surface area contributed by atoms with Gasteiger partial charge in [-0.15, -0.1) is 0 Å². The molecule has 3 saturated carbocycles. The zero-order chi connectivity index (χ0) is 11.9. The molecular formula is C17H22. The molecule has 0 unspecified atom stereocenters. The molecule has 1 aromatic rings. The van der Waals surface area contributed by atoms with Gasteiger partial charge in [0.25, 0.3) is 0 Å². The number of rotatable bonds is 2. The summed E-state index contributed by atoms with van der Waals surface area (Å²) in [5, 5.41) is 0. The Balaban J connectivity index is 1.89. The minimum absolute atomic E-state index is 0.541. The van der Waals surface area contributed by atoms with Gasteiger partial charge >= 0.3 is 0 Å². The van der Waals surface area contributed by atoms with E-state index >= 15 is 0 Å². The minimum atomic E-state index is 0.541. The molecule has 0 heterocycles. The van der Waals surface area contributed by atoms with Gasteiger partial charge in [-0.3, -0.25) is 0 Å². The number of benzene rings is 1. The van der Waals surface area contributed by atoms with Crippen molar-refractivity contribution in [2.45, 2.75) is 45.4 Å². The molecule has 0 N–H and O–H groups in total. The Bertz CT molecular complexity index is 466. The van der Waals surface area contributed by atoms with Crippen LogP contribution in [0.3, 0.4) is 0 Å². The molecule has 0 heteroatoms. The molecule has 17 heavy (non-hydrogen) atoms. The fourth-order valence-corrected chi connectivity index (χ4v) is 6.34. The van der Waals surface area contributed by atoms with E-state index in [9.17, 15) is 0 Å². The van der Waals surface area contributed by atoms with Gasteiger partial charge in [0, 0.05) is 5.41 Å². The standard InChI is InChI=1S/C17H22/c1-4-15(2)16(3)13-10-11-14(13)17(15,16)12-8-6-5-7-9-12/h5-9,13-14H,4,10-11H2,1-3H3/t13-,14+,15-,16+,17+/m1/s1. The second-order valence-electron chi connectivity index (χ2n) is 6.85. The lowest BCUT2D eigenvalue weighted by Crippen LogP contribution is -2.54. The number of hydrogen-bond acceptors (Lipinski definition) is 0. The van der Waals surface area contributed by atoms with Crippen molar-refractivity contribution in [3.8, 4) is 0 Å². The first kappa shape index (κ1) is 10.2. The van der Waals surface area contributed by atoms with Crippen LogP contribution in [0.4, 0.5) is 0 Å². The van der Waals surface area contributed by atoms with Crippen LogP contribution in [0.25, 0.3) is 0 Å². The summed E-state index contributed by atoms with van der Waals surface area (Å²) in [5.74, 6) is 2.03. The summed E-state index contributed by atoms with van der Waals surface area (Å²) in [4.78, 5) is 0. The van der Waals surface area contributed by atoms with E-state index in [1.807, 2.05) is 0 Å². The lowest BCUT2D eigenvalue weighted by molar-refractivity contribution is -0.0483. The van der Waals surface area contributed by atoms with E-state index in [0.717, 1.165) is 11.8 Å². The summed E-state index contributed by atoms with van der Waals surface area (Å²) in [6, 6.07) is 11.4. The van der Waals surface area contributed by atoms with Crippen molar-refractivity contribution in [2.24, 2.45) is 22.7 Å². The first-order valence-electron chi connectivity index (χ1n) is 7.20. The number of hydrogen-bond donors (Lipinski definition) is 0. The topological polar surface area (TPSA) is 0 Å². The van der Waals surface area contributed by atoms with Gasteiger partial charge in [-0.05, 0) is 47.5 Å². The SMILES string of the molecule is CC[C@]1(C)[C@]2(C)[C@@H]3CC[C@@H]3[C@@]12c1ccccc1. The van der Waals surface area contributed by atoms with Crippen molar-refractivity contribution in [2.75, 3.05) is 0 Å². The van der Waals surface area contributed by atoms with E-state index < -0.39 is 0 Å². The zero-order valence-corrected chi connectivity index (χ0v) is 11.2. The van der Waals surface area contributed by atoms with Crippen molar-refractivity contribution in [3.63, 3.8) is 0 Å². The summed E-state index contributed by atoms with van der Waals surface area (Å²) < 4.78 is 0. The zero-order valence-electron chi connectivity index (χ0n) is 11.2. The first-order valence-corrected chi connectivity index (χ1v) is 7.20. The van der Waals surface area contributed by atoms with E-state index in [2.05, 4.69) is 51.1 Å². The fourth-order valence-electron chi connectivity index (χ4n) is 6.34. The van der Waals surface area contributed by atoms with Gasteiger partial charge in [0.2, 0.25) is 0 Å². The van der Waals surface area contributed by atoms with Gasteiger partial charge in [0.1, 0.15) is 0 Å². The van der Waals surface area contributed by atoms with Gasteiger partial charge < -0.3 is 0 Å². The molecule has 1 aromatic carbocycles. The molecule has 0 aromatic heterocycles.